The third-order valence-corrected chi connectivity index (χ3v) is 27.0. The van der Waals surface area contributed by atoms with Crippen molar-refractivity contribution in [3.8, 4) is 0 Å². The molecule has 0 aliphatic carbocycles. The molecule has 694 valence electrons. The van der Waals surface area contributed by atoms with Crippen LogP contribution in [-0.4, -0.2) is 235 Å². The van der Waals surface area contributed by atoms with Crippen molar-refractivity contribution in [3.05, 3.63) is 12.7 Å². The molecular weight excluding hydrogens is 1930 g/mol. The number of phosphoric acid groups is 3. The fourth-order valence-electron chi connectivity index (χ4n) is 11.5. The van der Waals surface area contributed by atoms with E-state index in [0.717, 1.165) is 118 Å². The van der Waals surface area contributed by atoms with Crippen LogP contribution in [0.15, 0.2) is 12.7 Å². The van der Waals surface area contributed by atoms with Crippen LogP contribution in [0.4, 0.5) is 15.4 Å². The van der Waals surface area contributed by atoms with E-state index in [1.807, 2.05) is 25.6 Å². The van der Waals surface area contributed by atoms with Gasteiger partial charge in [-0.3, -0.25) is 56.8 Å². The number of hydrogen-bond donors (Lipinski definition) is 18. The molecule has 46 nitrogen and oxygen atoms in total. The quantitative estimate of drug-likeness (QED) is 0.0148. The minimum absolute atomic E-state index is 0.0273. The normalized spacial score (nSPS) is 21.7. The van der Waals surface area contributed by atoms with Gasteiger partial charge in [-0.2, -0.15) is 11.8 Å². The number of aliphatic carboxylic acids is 5. The zero-order valence-electron chi connectivity index (χ0n) is 69.0. The van der Waals surface area contributed by atoms with E-state index < -0.39 is 148 Å². The van der Waals surface area contributed by atoms with Crippen LogP contribution in [0.3, 0.4) is 0 Å². The molecule has 6 heterocycles. The zero-order valence-corrected chi connectivity index (χ0v) is 76.7. The standard InChI is InChI=1S/C29H48N7O19P3S.C10H16N2O3S.C10H18N2O3.C9H20N2O2.C9H17NO3.BH2I2NO/c1-28(2,24(42)27(43)32-10-9-18(37)31-11-12-59-20(40)8-6-4-5-7-19(38)39)14-52-58(49,50)55-57(47,48)51-13-17-22(54-56(44,45)46)23(41)29(3,53-17)36-16-35-21-25(30)33-15-34-26(21)36;13-8(14)4-2-1-3-7-9-6(5-16-7)11-10(15)12-9;1-7-8(12-10(15)11-7)5-3-2-4-6-9(13)14;2*1-7(10)8(11)5-3-2-4-6-9(12)13;4-3-2-1-5/h15-17,22-24,41-42H,4-14H2,1-3H3,(H,31,37)(H,32,43)(H,38,39)(H,47,48)(H,49,50)(H2,30,33,34)(H2,44,45,46);6-7,9H,1-5H2,(H,13,14)(H2,11,12,15);7-8H,2-6H2,1H3,(H,13,14)(H2,11,12,15);7-8H,2-6,10-11H2,1H3,(H,12,13);7H,2-6,10H2,1H3,(H,12,13);2,4H/p-4/i;;;;;2T. The second-order valence-electron chi connectivity index (χ2n) is 29.0. The number of carbonyl (C=O) groups excluding carboxylic acids is 6. The Morgan fingerprint density at radius 3 is 1.82 bits per heavy atom. The summed E-state index contributed by atoms with van der Waals surface area (Å²) in [5.41, 5.74) is 18.6. The summed E-state index contributed by atoms with van der Waals surface area (Å²) in [7, 11) is -17.7. The number of aliphatic hydroxyl groups excluding tert-OH is 2. The van der Waals surface area contributed by atoms with Gasteiger partial charge in [-0.1, -0.05) is 70.6 Å². The van der Waals surface area contributed by atoms with Gasteiger partial charge in [-0.25, -0.2) is 28.9 Å². The molecule has 15 atom stereocenters. The van der Waals surface area contributed by atoms with E-state index in [1.165, 1.54) is 20.8 Å². The van der Waals surface area contributed by atoms with E-state index in [0.29, 0.717) is 42.4 Å². The van der Waals surface area contributed by atoms with Gasteiger partial charge in [0.15, 0.2) is 22.3 Å². The number of ketones is 1. The number of urea groups is 2. The first-order valence-corrected chi connectivity index (χ1v) is 53.6. The second kappa shape index (κ2) is 59.4. The molecule has 0 bridgehead atoms. The summed E-state index contributed by atoms with van der Waals surface area (Å²) in [6.45, 7) is 6.63. The Morgan fingerprint density at radius 2 is 1.30 bits per heavy atom. The molecular formula is C67H117BI2N15O31P3S2-4. The van der Waals surface area contributed by atoms with Gasteiger partial charge in [0.05, 0.1) is 51.5 Å². The van der Waals surface area contributed by atoms with E-state index >= 15 is 0 Å². The molecule has 4 aliphatic heterocycles. The number of hydrogen-bond acceptors (Lipinski definition) is 36. The summed E-state index contributed by atoms with van der Waals surface area (Å²) in [6, 6.07) is 0.399. The van der Waals surface area contributed by atoms with Gasteiger partial charge in [-0.15, -0.1) is 0 Å². The molecule has 54 heteroatoms. The molecule has 2 aromatic rings. The van der Waals surface area contributed by atoms with Crippen LogP contribution < -0.4 is 74.4 Å². The van der Waals surface area contributed by atoms with Crippen LogP contribution in [0.1, 0.15) is 202 Å². The summed E-state index contributed by atoms with van der Waals surface area (Å²) in [4.78, 5) is 181. The number of carboxylic acid groups (broad SMARTS) is 5. The van der Waals surface area contributed by atoms with Crippen molar-refractivity contribution in [3.63, 3.8) is 0 Å². The molecule has 6 rings (SSSR count). The van der Waals surface area contributed by atoms with Crippen LogP contribution in [-0.2, 0) is 89.9 Å². The molecule has 15 unspecified atom stereocenters. The summed E-state index contributed by atoms with van der Waals surface area (Å²) in [5.74, 6) is -4.20. The first-order valence-electron chi connectivity index (χ1n) is 38.9. The summed E-state index contributed by atoms with van der Waals surface area (Å²) < 4.78 is 83.8. The Labute approximate surface area is 725 Å². The Balaban J connectivity index is 0.000000935. The number of aromatic nitrogens is 4. The van der Waals surface area contributed by atoms with E-state index in [9.17, 15) is 101 Å². The maximum atomic E-state index is 12.6. The molecule has 0 spiro atoms. The van der Waals surface area contributed by atoms with E-state index in [-0.39, 0.29) is 146 Å². The number of unbranched alkanes of at least 4 members (excludes halogenated alkanes) is 9. The van der Waals surface area contributed by atoms with Gasteiger partial charge in [0.25, 0.3) is 15.6 Å². The van der Waals surface area contributed by atoms with Gasteiger partial charge >= 0.3 is 89.6 Å². The number of Topliss-reactive ketones (excluding diaryl/α,β-unsaturated/α-hetero) is 1. The maximum absolute atomic E-state index is 12.6. The number of fused-ring (bicyclic) bond motifs is 2. The number of carboxylic acids is 5. The molecule has 6 amide bonds. The predicted octanol–water partition coefficient (Wildman–Crippen LogP) is 2.17. The van der Waals surface area contributed by atoms with Crippen molar-refractivity contribution < 1.29 is 149 Å². The molecule has 2 aromatic heterocycles. The van der Waals surface area contributed by atoms with Crippen molar-refractivity contribution in [2.45, 2.75) is 280 Å². The van der Waals surface area contributed by atoms with Gasteiger partial charge in [0.1, 0.15) is 42.0 Å². The van der Waals surface area contributed by atoms with E-state index in [1.54, 1.807) is 6.92 Å². The monoisotopic (exact) mass is 2050 g/mol. The third kappa shape index (κ3) is 49.3. The average Bonchev–Trinajstić information content (AvgIpc) is 1.59. The van der Waals surface area contributed by atoms with Gasteiger partial charge < -0.3 is 133 Å². The molecule has 4 fully saturated rings. The molecule has 121 heavy (non-hydrogen) atoms. The fourth-order valence-corrected chi connectivity index (χ4v) is 17.3. The number of ether oxygens (including phenoxy) is 1. The average molecular weight is 2050 g/mol. The third-order valence-electron chi connectivity index (χ3n) is 18.2. The van der Waals surface area contributed by atoms with Gasteiger partial charge in [0.2, 0.25) is 11.8 Å². The van der Waals surface area contributed by atoms with E-state index in [4.69, 9.17) is 57.4 Å². The summed E-state index contributed by atoms with van der Waals surface area (Å²) in [5, 5.41) is 81.1. The number of thioether (sulfide) groups is 2. The molecule has 0 aromatic carbocycles. The minimum atomic E-state index is -5.95. The number of imidazole rings is 1. The number of phosphoric ester groups is 3. The molecule has 22 N–H and O–H groups in total. The fraction of sp³-hybridized carbons (Fsp3) is 0.761. The second-order valence-corrected chi connectivity index (χ2v) is 42.7. The zero-order chi connectivity index (χ0) is 92.7. The first-order chi connectivity index (χ1) is 56.9. The van der Waals surface area contributed by atoms with Crippen LogP contribution in [0, 0.1) is 8.98 Å². The number of aliphatic hydroxyl groups is 2. The molecule has 4 aliphatic rings. The molecule has 0 radical (unpaired) electrons. The van der Waals surface area contributed by atoms with Crippen LogP contribution in [0.5, 0.6) is 0 Å². The topological polar surface area (TPSA) is 780 Å². The number of carbonyl (C=O) groups is 11. The van der Waals surface area contributed by atoms with Gasteiger partial charge in [-0.05, 0) is 91.9 Å². The predicted molar refractivity (Wildman–Crippen MR) is 451 cm³/mol. The van der Waals surface area contributed by atoms with Crippen LogP contribution >= 0.6 is 80.9 Å². The number of amides is 6. The number of anilines is 1. The van der Waals surface area contributed by atoms with E-state index in [2.05, 4.69) is 64.7 Å². The number of nitrogens with two attached hydrogens (primary N) is 4. The molecule has 0 saturated carbocycles. The van der Waals surface area contributed by atoms with Crippen molar-refractivity contribution >= 4 is 167 Å². The van der Waals surface area contributed by atoms with Crippen molar-refractivity contribution in [2.24, 2.45) is 22.6 Å². The first kappa shape index (κ1) is 112. The number of halogens is 2. The molecule has 4 saturated heterocycles. The Morgan fingerprint density at radius 1 is 0.769 bits per heavy atom. The number of nitrogens with one attached hydrogen (secondary N) is 7. The Kier molecular flexibility index (Phi) is 54.8. The number of rotatable bonds is 52. The van der Waals surface area contributed by atoms with Crippen molar-refractivity contribution in [1.82, 2.24) is 51.4 Å². The van der Waals surface area contributed by atoms with Gasteiger partial charge in [0, 0.05) is 105 Å². The number of nitrogen functional groups attached to an aromatic ring is 1. The summed E-state index contributed by atoms with van der Waals surface area (Å²) in [6.07, 6.45) is 8.97. The summed E-state index contributed by atoms with van der Waals surface area (Å²) >= 11 is 0.172. The van der Waals surface area contributed by atoms with Crippen molar-refractivity contribution in [1.29, 1.82) is 4.16 Å². The SMILES string of the molecule is CC(C)(COP(=O)([O-])OP(=O)([O-])OCC1OC(C)(n2cnc3c(N)ncnc32)C(O)C1OP(=O)([O-])[O-])C(O)C(=O)NCCC(=O)NCCSC(=O)CCCCCC(=O)O.CC(N)C(=O)CCCCCC(=O)O.CC(N)C(N)CCCCCC(=O)O.CC1NC(=O)NC1CCCCCC(=O)O.O=C(O)CCCCC1SCC2NC(=O)NC21.[3H]I(B=O)I=N. The number of nitrogens with zero attached hydrogens (tertiary/aromatic N) is 4. The van der Waals surface area contributed by atoms with Crippen LogP contribution in [0.2, 0.25) is 0 Å². The van der Waals surface area contributed by atoms with Crippen LogP contribution in [0.25, 0.3) is 11.2 Å². The Bertz CT molecular complexity index is 3820. The van der Waals surface area contributed by atoms with Crippen molar-refractivity contribution in [2.75, 3.05) is 43.5 Å². The Hall–Kier alpha value is -5.53.